The van der Waals surface area contributed by atoms with E-state index in [9.17, 15) is 22.0 Å². The molecule has 10 heteroatoms. The number of aryl methyl sites for hydroxylation is 1. The smallest absolute Gasteiger partial charge is 0.415 e. The molecule has 0 saturated heterocycles. The fraction of sp³-hybridized carbons (Fsp3) is 0.0625. The molecule has 2 N–H and O–H groups in total. The van der Waals surface area contributed by atoms with Gasteiger partial charge in [0.15, 0.2) is 0 Å². The van der Waals surface area contributed by atoms with E-state index < -0.39 is 32.3 Å². The number of nitrogens with two attached hydrogens (primary N) is 1. The zero-order valence-electron chi connectivity index (χ0n) is 13.2. The Morgan fingerprint density at radius 1 is 1.15 bits per heavy atom. The maximum Gasteiger partial charge on any atom is 0.424 e. The van der Waals surface area contributed by atoms with Gasteiger partial charge in [-0.25, -0.2) is 31.7 Å². The van der Waals surface area contributed by atoms with Crippen LogP contribution in [-0.4, -0.2) is 13.0 Å². The second kappa shape index (κ2) is 6.35. The number of nitrogens with zero attached hydrogens (tertiary/aromatic N) is 1. The van der Waals surface area contributed by atoms with Crippen molar-refractivity contribution in [3.8, 4) is 16.9 Å². The molecule has 0 radical (unpaired) electrons. The van der Waals surface area contributed by atoms with Crippen LogP contribution in [0.2, 0.25) is 5.02 Å². The maximum atomic E-state index is 14.4. The Morgan fingerprint density at radius 3 is 2.46 bits per heavy atom. The zero-order valence-corrected chi connectivity index (χ0v) is 14.7. The van der Waals surface area contributed by atoms with E-state index in [1.54, 1.807) is 13.0 Å². The van der Waals surface area contributed by atoms with E-state index in [0.717, 1.165) is 10.8 Å². The molecule has 0 aliphatic rings. The minimum Gasteiger partial charge on any atom is -0.415 e. The Hall–Kier alpha value is -2.49. The molecule has 0 spiro atoms. The van der Waals surface area contributed by atoms with Crippen molar-refractivity contribution in [1.82, 2.24) is 4.57 Å². The lowest BCUT2D eigenvalue weighted by Gasteiger charge is -2.10. The van der Waals surface area contributed by atoms with Crippen LogP contribution in [0.3, 0.4) is 0 Å². The first kappa shape index (κ1) is 18.3. The predicted molar refractivity (Wildman–Crippen MR) is 90.8 cm³/mol. The van der Waals surface area contributed by atoms with Gasteiger partial charge in [-0.3, -0.25) is 0 Å². The second-order valence-electron chi connectivity index (χ2n) is 5.46. The molecule has 0 bridgehead atoms. The lowest BCUT2D eigenvalue weighted by molar-refractivity contribution is 0.504. The summed E-state index contributed by atoms with van der Waals surface area (Å²) < 4.78 is 57.0. The number of rotatable bonds is 3. The Morgan fingerprint density at radius 2 is 1.85 bits per heavy atom. The van der Waals surface area contributed by atoms with Crippen molar-refractivity contribution in [2.75, 3.05) is 0 Å². The van der Waals surface area contributed by atoms with E-state index in [1.807, 2.05) is 0 Å². The lowest BCUT2D eigenvalue weighted by atomic mass is 10.1. The van der Waals surface area contributed by atoms with Crippen LogP contribution in [0.4, 0.5) is 8.78 Å². The van der Waals surface area contributed by atoms with E-state index in [1.165, 1.54) is 12.1 Å². The van der Waals surface area contributed by atoms with Gasteiger partial charge in [0.2, 0.25) is 10.0 Å². The van der Waals surface area contributed by atoms with E-state index in [-0.39, 0.29) is 11.3 Å². The van der Waals surface area contributed by atoms with Gasteiger partial charge in [0.1, 0.15) is 22.8 Å². The fourth-order valence-electron chi connectivity index (χ4n) is 2.45. The molecule has 3 aromatic rings. The molecule has 0 fully saturated rings. The molecule has 0 amide bonds. The van der Waals surface area contributed by atoms with Crippen molar-refractivity contribution in [2.24, 2.45) is 5.14 Å². The van der Waals surface area contributed by atoms with Crippen LogP contribution in [0.25, 0.3) is 16.9 Å². The van der Waals surface area contributed by atoms with Gasteiger partial charge in [-0.05, 0) is 42.8 Å². The van der Waals surface area contributed by atoms with Crippen LogP contribution in [-0.2, 0) is 10.0 Å². The van der Waals surface area contributed by atoms with E-state index in [2.05, 4.69) is 0 Å². The predicted octanol–water partition coefficient (Wildman–Crippen LogP) is 2.98. The number of aromatic nitrogens is 1. The van der Waals surface area contributed by atoms with Crippen LogP contribution in [0, 0.1) is 18.6 Å². The van der Waals surface area contributed by atoms with Crippen molar-refractivity contribution >= 4 is 21.6 Å². The number of primary sulfonamides is 1. The Bertz CT molecular complexity index is 1190. The molecule has 3 rings (SSSR count). The molecule has 1 heterocycles. The van der Waals surface area contributed by atoms with Crippen molar-refractivity contribution in [1.29, 1.82) is 0 Å². The monoisotopic (exact) mass is 400 g/mol. The highest BCUT2D eigenvalue weighted by Gasteiger charge is 2.22. The van der Waals surface area contributed by atoms with Gasteiger partial charge in [0.05, 0.1) is 11.4 Å². The third-order valence-corrected chi connectivity index (χ3v) is 5.05. The Labute approximate surface area is 151 Å². The molecule has 26 heavy (non-hydrogen) atoms. The number of sulfonamides is 1. The molecular formula is C16H11ClF2N2O4S. The summed E-state index contributed by atoms with van der Waals surface area (Å²) in [6.45, 7) is 1.71. The van der Waals surface area contributed by atoms with Crippen LogP contribution < -0.4 is 10.9 Å². The SMILES string of the molecule is Cc1cc(-n2c(-c3cc(F)c(S(N)(=O)=O)cc3F)coc2=O)ccc1Cl. The van der Waals surface area contributed by atoms with E-state index in [4.69, 9.17) is 21.2 Å². The molecule has 0 unspecified atom stereocenters. The number of oxazole rings is 1. The molecule has 0 atom stereocenters. The van der Waals surface area contributed by atoms with Gasteiger partial charge >= 0.3 is 5.76 Å². The summed E-state index contributed by atoms with van der Waals surface area (Å²) in [5.74, 6) is -3.18. The summed E-state index contributed by atoms with van der Waals surface area (Å²) in [6.07, 6.45) is 0.945. The van der Waals surface area contributed by atoms with Crippen LogP contribution in [0.15, 0.2) is 50.7 Å². The van der Waals surface area contributed by atoms with Crippen molar-refractivity contribution < 1.29 is 21.6 Å². The van der Waals surface area contributed by atoms with Gasteiger partial charge < -0.3 is 4.42 Å². The average Bonchev–Trinajstić information content (AvgIpc) is 2.92. The highest BCUT2D eigenvalue weighted by atomic mass is 35.5. The quantitative estimate of drug-likeness (QED) is 0.731. The van der Waals surface area contributed by atoms with Crippen molar-refractivity contribution in [3.63, 3.8) is 0 Å². The Balaban J connectivity index is 2.26. The van der Waals surface area contributed by atoms with Gasteiger partial charge in [-0.15, -0.1) is 0 Å². The molecule has 136 valence electrons. The molecule has 0 saturated carbocycles. The highest BCUT2D eigenvalue weighted by Crippen LogP contribution is 2.29. The average molecular weight is 401 g/mol. The second-order valence-corrected chi connectivity index (χ2v) is 7.40. The lowest BCUT2D eigenvalue weighted by Crippen LogP contribution is -2.16. The van der Waals surface area contributed by atoms with E-state index in [0.29, 0.717) is 28.4 Å². The van der Waals surface area contributed by atoms with Crippen molar-refractivity contribution in [3.05, 3.63) is 69.4 Å². The van der Waals surface area contributed by atoms with Gasteiger partial charge in [-0.1, -0.05) is 11.6 Å². The topological polar surface area (TPSA) is 95.3 Å². The van der Waals surface area contributed by atoms with Gasteiger partial charge in [0, 0.05) is 10.6 Å². The van der Waals surface area contributed by atoms with Gasteiger partial charge in [0.25, 0.3) is 0 Å². The molecule has 1 aromatic heterocycles. The van der Waals surface area contributed by atoms with Gasteiger partial charge in [-0.2, -0.15) is 0 Å². The first-order chi connectivity index (χ1) is 12.1. The standard InChI is InChI=1S/C16H11ClF2N2O4S/c1-8-4-9(2-3-11(8)17)21-14(7-25-16(21)22)10-5-13(19)15(6-12(10)18)26(20,23)24/h2-7H,1H3,(H2,20,23,24). The summed E-state index contributed by atoms with van der Waals surface area (Å²) in [7, 11) is -4.44. The van der Waals surface area contributed by atoms with Crippen LogP contribution in [0.5, 0.6) is 0 Å². The Kier molecular flexibility index (Phi) is 4.47. The molecule has 6 nitrogen and oxygen atoms in total. The summed E-state index contributed by atoms with van der Waals surface area (Å²) >= 11 is 5.96. The third-order valence-electron chi connectivity index (χ3n) is 3.70. The van der Waals surface area contributed by atoms with E-state index >= 15 is 0 Å². The maximum absolute atomic E-state index is 14.4. The number of hydrogen-bond acceptors (Lipinski definition) is 4. The highest BCUT2D eigenvalue weighted by molar-refractivity contribution is 7.89. The summed E-state index contributed by atoms with van der Waals surface area (Å²) in [5, 5.41) is 5.31. The normalized spacial score (nSPS) is 11.7. The largest absolute Gasteiger partial charge is 0.424 e. The first-order valence-corrected chi connectivity index (χ1v) is 9.01. The molecular weight excluding hydrogens is 390 g/mol. The number of hydrogen-bond donors (Lipinski definition) is 1. The van der Waals surface area contributed by atoms with Crippen molar-refractivity contribution in [2.45, 2.75) is 11.8 Å². The number of benzene rings is 2. The molecule has 0 aliphatic heterocycles. The minimum atomic E-state index is -4.44. The minimum absolute atomic E-state index is 0.103. The number of halogens is 3. The first-order valence-electron chi connectivity index (χ1n) is 7.09. The van der Waals surface area contributed by atoms with Crippen LogP contribution in [0.1, 0.15) is 5.56 Å². The molecule has 0 aliphatic carbocycles. The summed E-state index contributed by atoms with van der Waals surface area (Å²) in [5.41, 5.74) is 0.498. The van der Waals surface area contributed by atoms with Crippen LogP contribution >= 0.6 is 11.6 Å². The summed E-state index contributed by atoms with van der Waals surface area (Å²) in [4.78, 5) is 11.1. The molecule has 2 aromatic carbocycles. The zero-order chi connectivity index (χ0) is 19.2. The summed E-state index contributed by atoms with van der Waals surface area (Å²) in [6, 6.07) is 5.70. The fourth-order valence-corrected chi connectivity index (χ4v) is 3.17. The third kappa shape index (κ3) is 3.16.